The third kappa shape index (κ3) is 2.66. The lowest BCUT2D eigenvalue weighted by Crippen LogP contribution is -2.34. The van der Waals surface area contributed by atoms with Gasteiger partial charge in [-0.1, -0.05) is 12.8 Å². The quantitative estimate of drug-likeness (QED) is 0.829. The largest absolute Gasteiger partial charge is 0.344 e. The molecule has 0 amide bonds. The number of anilines is 1. The summed E-state index contributed by atoms with van der Waals surface area (Å²) in [4.78, 5) is 6.71. The summed E-state index contributed by atoms with van der Waals surface area (Å²) in [5, 5.41) is 1.07. The zero-order valence-electron chi connectivity index (χ0n) is 8.93. The van der Waals surface area contributed by atoms with Crippen LogP contribution >= 0.6 is 11.5 Å². The maximum atomic E-state index is 5.57. The first-order valence-corrected chi connectivity index (χ1v) is 6.42. The van der Waals surface area contributed by atoms with Crippen molar-refractivity contribution in [2.75, 3.05) is 18.0 Å². The van der Waals surface area contributed by atoms with E-state index in [9.17, 15) is 0 Å². The topological polar surface area (TPSA) is 55.0 Å². The molecule has 5 heteroatoms. The van der Waals surface area contributed by atoms with Crippen molar-refractivity contribution in [2.24, 2.45) is 5.73 Å². The molecule has 4 nitrogen and oxygen atoms in total. The van der Waals surface area contributed by atoms with E-state index in [0.29, 0.717) is 6.04 Å². The lowest BCUT2D eigenvalue weighted by atomic mass is 10.2. The van der Waals surface area contributed by atoms with E-state index in [4.69, 9.17) is 5.73 Å². The molecule has 1 saturated carbocycles. The highest BCUT2D eigenvalue weighted by Gasteiger charge is 2.23. The Morgan fingerprint density at radius 3 is 2.87 bits per heavy atom. The maximum Gasteiger partial charge on any atom is 0.205 e. The van der Waals surface area contributed by atoms with E-state index in [1.165, 1.54) is 37.2 Å². The molecule has 2 rings (SSSR count). The second-order valence-corrected chi connectivity index (χ2v) is 4.76. The number of hydrogen-bond acceptors (Lipinski definition) is 5. The van der Waals surface area contributed by atoms with Gasteiger partial charge in [-0.3, -0.25) is 0 Å². The Labute approximate surface area is 94.7 Å². The third-order valence-corrected chi connectivity index (χ3v) is 3.67. The minimum atomic E-state index is 0.671. The van der Waals surface area contributed by atoms with E-state index < -0.39 is 0 Å². The zero-order valence-corrected chi connectivity index (χ0v) is 9.75. The summed E-state index contributed by atoms with van der Waals surface area (Å²) >= 11 is 1.49. The molecule has 0 atom stereocenters. The van der Waals surface area contributed by atoms with Crippen LogP contribution in [0.3, 0.4) is 0 Å². The third-order valence-electron chi connectivity index (χ3n) is 2.96. The molecular weight excluding hydrogens is 208 g/mol. The van der Waals surface area contributed by atoms with Gasteiger partial charge < -0.3 is 10.6 Å². The van der Waals surface area contributed by atoms with Crippen LogP contribution in [0.4, 0.5) is 5.13 Å². The molecule has 0 bridgehead atoms. The molecule has 0 aliphatic heterocycles. The van der Waals surface area contributed by atoms with Crippen LogP contribution in [0.5, 0.6) is 0 Å². The van der Waals surface area contributed by atoms with Crippen LogP contribution in [0.25, 0.3) is 0 Å². The Morgan fingerprint density at radius 1 is 1.47 bits per heavy atom. The number of aromatic nitrogens is 2. The molecule has 1 aromatic rings. The molecule has 0 spiro atoms. The minimum absolute atomic E-state index is 0.671. The van der Waals surface area contributed by atoms with Crippen LogP contribution in [0, 0.1) is 0 Å². The van der Waals surface area contributed by atoms with Gasteiger partial charge in [-0.15, -0.1) is 0 Å². The van der Waals surface area contributed by atoms with Gasteiger partial charge >= 0.3 is 0 Å². The van der Waals surface area contributed by atoms with Crippen molar-refractivity contribution in [3.8, 4) is 0 Å². The normalized spacial score (nSPS) is 17.1. The fourth-order valence-corrected chi connectivity index (χ4v) is 2.83. The second kappa shape index (κ2) is 5.42. The number of nitrogens with two attached hydrogens (primary N) is 1. The Balaban J connectivity index is 2.01. The fraction of sp³-hybridized carbons (Fsp3) is 0.800. The molecular formula is C10H18N4S. The Bertz CT molecular complexity index is 269. The Kier molecular flexibility index (Phi) is 3.91. The van der Waals surface area contributed by atoms with Gasteiger partial charge in [0.25, 0.3) is 0 Å². The predicted octanol–water partition coefficient (Wildman–Crippen LogP) is 1.64. The monoisotopic (exact) mass is 226 g/mol. The molecule has 1 aliphatic carbocycles. The summed E-state index contributed by atoms with van der Waals surface area (Å²) in [6.45, 7) is 1.78. The molecule has 0 radical (unpaired) electrons. The fourth-order valence-electron chi connectivity index (χ4n) is 2.21. The summed E-state index contributed by atoms with van der Waals surface area (Å²) in [5.74, 6) is 0. The molecule has 1 aliphatic rings. The zero-order chi connectivity index (χ0) is 10.5. The summed E-state index contributed by atoms with van der Waals surface area (Å²) in [6, 6.07) is 0.671. The van der Waals surface area contributed by atoms with E-state index >= 15 is 0 Å². The first-order chi connectivity index (χ1) is 7.42. The Morgan fingerprint density at radius 2 is 2.27 bits per heavy atom. The van der Waals surface area contributed by atoms with E-state index in [-0.39, 0.29) is 0 Å². The molecule has 1 heterocycles. The van der Waals surface area contributed by atoms with Gasteiger partial charge in [-0.25, -0.2) is 4.98 Å². The molecule has 0 aromatic carbocycles. The van der Waals surface area contributed by atoms with Crippen LogP contribution in [0.2, 0.25) is 0 Å². The van der Waals surface area contributed by atoms with Crippen molar-refractivity contribution < 1.29 is 0 Å². The molecule has 84 valence electrons. The molecule has 15 heavy (non-hydrogen) atoms. The summed E-state index contributed by atoms with van der Waals surface area (Å²) in [5.41, 5.74) is 5.57. The van der Waals surface area contributed by atoms with Crippen molar-refractivity contribution in [2.45, 2.75) is 38.1 Å². The minimum Gasteiger partial charge on any atom is -0.344 e. The lowest BCUT2D eigenvalue weighted by molar-refractivity contribution is 0.592. The number of hydrogen-bond donors (Lipinski definition) is 1. The highest BCUT2D eigenvalue weighted by atomic mass is 32.1. The van der Waals surface area contributed by atoms with Crippen molar-refractivity contribution in [1.82, 2.24) is 9.36 Å². The van der Waals surface area contributed by atoms with E-state index in [2.05, 4.69) is 14.3 Å². The van der Waals surface area contributed by atoms with Crippen LogP contribution in [-0.2, 0) is 0 Å². The first kappa shape index (κ1) is 10.8. The van der Waals surface area contributed by atoms with Crippen molar-refractivity contribution in [3.63, 3.8) is 0 Å². The van der Waals surface area contributed by atoms with E-state index in [0.717, 1.165) is 24.6 Å². The van der Waals surface area contributed by atoms with Crippen LogP contribution < -0.4 is 10.6 Å². The van der Waals surface area contributed by atoms with Crippen molar-refractivity contribution in [1.29, 1.82) is 0 Å². The number of nitrogens with zero attached hydrogens (tertiary/aromatic N) is 3. The van der Waals surface area contributed by atoms with Gasteiger partial charge in [0.05, 0.1) is 0 Å². The summed E-state index contributed by atoms with van der Waals surface area (Å²) in [7, 11) is 0. The standard InChI is InChI=1S/C10H18N4S/c11-6-3-7-14(9-4-1-2-5-9)10-12-8-13-15-10/h8-9H,1-7,11H2. The van der Waals surface area contributed by atoms with Gasteiger partial charge in [0.2, 0.25) is 5.13 Å². The van der Waals surface area contributed by atoms with Gasteiger partial charge in [0, 0.05) is 24.1 Å². The van der Waals surface area contributed by atoms with Crippen LogP contribution in [-0.4, -0.2) is 28.5 Å². The molecule has 1 aromatic heterocycles. The first-order valence-electron chi connectivity index (χ1n) is 5.65. The predicted molar refractivity (Wildman–Crippen MR) is 63.2 cm³/mol. The van der Waals surface area contributed by atoms with Gasteiger partial charge in [-0.05, 0) is 25.8 Å². The van der Waals surface area contributed by atoms with Crippen molar-refractivity contribution in [3.05, 3.63) is 6.33 Å². The van der Waals surface area contributed by atoms with Gasteiger partial charge in [0.15, 0.2) is 0 Å². The highest BCUT2D eigenvalue weighted by molar-refractivity contribution is 7.09. The average Bonchev–Trinajstić information content (AvgIpc) is 2.90. The van der Waals surface area contributed by atoms with Gasteiger partial charge in [-0.2, -0.15) is 4.37 Å². The molecule has 2 N–H and O–H groups in total. The van der Waals surface area contributed by atoms with Crippen molar-refractivity contribution >= 4 is 16.7 Å². The second-order valence-electron chi connectivity index (χ2n) is 4.00. The average molecular weight is 226 g/mol. The van der Waals surface area contributed by atoms with E-state index in [1.54, 1.807) is 6.33 Å². The molecule has 0 unspecified atom stereocenters. The summed E-state index contributed by atoms with van der Waals surface area (Å²) in [6.07, 6.45) is 7.97. The summed E-state index contributed by atoms with van der Waals surface area (Å²) < 4.78 is 4.08. The number of rotatable bonds is 5. The van der Waals surface area contributed by atoms with E-state index in [1.807, 2.05) is 0 Å². The highest BCUT2D eigenvalue weighted by Crippen LogP contribution is 2.28. The lowest BCUT2D eigenvalue weighted by Gasteiger charge is -2.27. The van der Waals surface area contributed by atoms with Crippen LogP contribution in [0.1, 0.15) is 32.1 Å². The smallest absolute Gasteiger partial charge is 0.205 e. The Hall–Kier alpha value is -0.680. The SMILES string of the molecule is NCCCN(c1ncns1)C1CCCC1. The van der Waals surface area contributed by atoms with Gasteiger partial charge in [0.1, 0.15) is 6.33 Å². The van der Waals surface area contributed by atoms with Crippen LogP contribution in [0.15, 0.2) is 6.33 Å². The molecule has 1 fully saturated rings. The molecule has 0 saturated heterocycles. The maximum absolute atomic E-state index is 5.57.